The Morgan fingerprint density at radius 3 is 2.41 bits per heavy atom. The van der Waals surface area contributed by atoms with E-state index in [1.54, 1.807) is 21.0 Å². The third kappa shape index (κ3) is 7.31. The van der Waals surface area contributed by atoms with E-state index in [0.717, 1.165) is 0 Å². The smallest absolute Gasteiger partial charge is 0.153 e. The van der Waals surface area contributed by atoms with E-state index in [-0.39, 0.29) is 11.0 Å². The molecule has 0 saturated carbocycles. The second-order valence-electron chi connectivity index (χ2n) is 4.16. The molecule has 0 radical (unpaired) electrons. The molecule has 0 bridgehead atoms. The zero-order chi connectivity index (χ0) is 13.3. The van der Waals surface area contributed by atoms with E-state index in [1.807, 2.05) is 4.90 Å². The number of ether oxygens (including phenoxy) is 1. The molecule has 0 spiro atoms. The highest BCUT2D eigenvalue weighted by Crippen LogP contribution is 2.02. The van der Waals surface area contributed by atoms with Crippen LogP contribution in [-0.2, 0) is 14.6 Å². The summed E-state index contributed by atoms with van der Waals surface area (Å²) in [5, 5.41) is 8.19. The molecule has 0 heterocycles. The van der Waals surface area contributed by atoms with Gasteiger partial charge in [0.1, 0.15) is 0 Å². The van der Waals surface area contributed by atoms with Gasteiger partial charge >= 0.3 is 0 Å². The summed E-state index contributed by atoms with van der Waals surface area (Å²) in [4.78, 5) is 1.95. The number of nitriles is 1. The average Bonchev–Trinajstić information content (AvgIpc) is 2.28. The SMILES string of the molecule is COCCN(CCC#N)CCS(=O)(=O)C(C)C. The highest BCUT2D eigenvalue weighted by Gasteiger charge is 2.17. The van der Waals surface area contributed by atoms with Gasteiger partial charge in [0, 0.05) is 33.2 Å². The molecule has 0 rings (SSSR count). The van der Waals surface area contributed by atoms with Gasteiger partial charge in [0.05, 0.1) is 23.7 Å². The summed E-state index contributed by atoms with van der Waals surface area (Å²) in [5.74, 6) is 0.139. The number of hydrogen-bond donors (Lipinski definition) is 0. The fourth-order valence-corrected chi connectivity index (χ4v) is 2.24. The van der Waals surface area contributed by atoms with Gasteiger partial charge < -0.3 is 4.74 Å². The maximum Gasteiger partial charge on any atom is 0.153 e. The van der Waals surface area contributed by atoms with Crippen molar-refractivity contribution in [2.45, 2.75) is 25.5 Å². The first kappa shape index (κ1) is 16.4. The van der Waals surface area contributed by atoms with Crippen molar-refractivity contribution in [1.82, 2.24) is 4.90 Å². The average molecular weight is 262 g/mol. The molecule has 0 aromatic rings. The second kappa shape index (κ2) is 8.45. The Hall–Kier alpha value is -0.640. The summed E-state index contributed by atoms with van der Waals surface area (Å²) in [5.41, 5.74) is 0. The lowest BCUT2D eigenvalue weighted by Gasteiger charge is -2.21. The summed E-state index contributed by atoms with van der Waals surface area (Å²) in [6.07, 6.45) is 0.408. The van der Waals surface area contributed by atoms with E-state index in [4.69, 9.17) is 10.00 Å². The summed E-state index contributed by atoms with van der Waals surface area (Å²) in [6.45, 7) is 5.63. The molecule has 0 aliphatic rings. The molecular weight excluding hydrogens is 240 g/mol. The number of hydrogen-bond acceptors (Lipinski definition) is 5. The molecule has 6 heteroatoms. The van der Waals surface area contributed by atoms with Crippen molar-refractivity contribution in [2.24, 2.45) is 0 Å². The van der Waals surface area contributed by atoms with Crippen LogP contribution in [0.1, 0.15) is 20.3 Å². The molecule has 0 saturated heterocycles. The lowest BCUT2D eigenvalue weighted by Crippen LogP contribution is -2.34. The van der Waals surface area contributed by atoms with Crippen molar-refractivity contribution in [1.29, 1.82) is 5.26 Å². The number of sulfone groups is 1. The van der Waals surface area contributed by atoms with Crippen LogP contribution >= 0.6 is 0 Å². The van der Waals surface area contributed by atoms with E-state index < -0.39 is 9.84 Å². The lowest BCUT2D eigenvalue weighted by molar-refractivity contribution is 0.152. The number of methoxy groups -OCH3 is 1. The Kier molecular flexibility index (Phi) is 8.13. The van der Waals surface area contributed by atoms with Crippen LogP contribution in [0.5, 0.6) is 0 Å². The predicted molar refractivity (Wildman–Crippen MR) is 67.5 cm³/mol. The molecule has 0 amide bonds. The first-order valence-electron chi connectivity index (χ1n) is 5.74. The van der Waals surface area contributed by atoms with Gasteiger partial charge in [-0.3, -0.25) is 4.90 Å². The summed E-state index contributed by atoms with van der Waals surface area (Å²) in [7, 11) is -1.40. The molecule has 100 valence electrons. The van der Waals surface area contributed by atoms with Gasteiger partial charge in [-0.25, -0.2) is 8.42 Å². The van der Waals surface area contributed by atoms with Crippen LogP contribution in [0.4, 0.5) is 0 Å². The van der Waals surface area contributed by atoms with Crippen molar-refractivity contribution in [3.63, 3.8) is 0 Å². The van der Waals surface area contributed by atoms with Crippen molar-refractivity contribution in [2.75, 3.05) is 39.1 Å². The van der Waals surface area contributed by atoms with Crippen molar-refractivity contribution < 1.29 is 13.2 Å². The van der Waals surface area contributed by atoms with Crippen molar-refractivity contribution in [3.05, 3.63) is 0 Å². The molecule has 5 nitrogen and oxygen atoms in total. The monoisotopic (exact) mass is 262 g/mol. The van der Waals surface area contributed by atoms with E-state index in [1.165, 1.54) is 0 Å². The maximum absolute atomic E-state index is 11.7. The molecule has 0 atom stereocenters. The molecule has 0 aromatic heterocycles. The first-order valence-corrected chi connectivity index (χ1v) is 7.45. The Morgan fingerprint density at radius 1 is 1.29 bits per heavy atom. The zero-order valence-corrected chi connectivity index (χ0v) is 11.7. The van der Waals surface area contributed by atoms with Gasteiger partial charge in [-0.2, -0.15) is 5.26 Å². The number of rotatable bonds is 9. The zero-order valence-electron chi connectivity index (χ0n) is 10.8. The van der Waals surface area contributed by atoms with Crippen LogP contribution in [0.3, 0.4) is 0 Å². The molecule has 0 aliphatic heterocycles. The van der Waals surface area contributed by atoms with Gasteiger partial charge in [-0.15, -0.1) is 0 Å². The van der Waals surface area contributed by atoms with Gasteiger partial charge in [0.25, 0.3) is 0 Å². The van der Waals surface area contributed by atoms with E-state index >= 15 is 0 Å². The molecule has 0 aromatic carbocycles. The Balaban J connectivity index is 4.20. The van der Waals surface area contributed by atoms with Crippen LogP contribution in [0, 0.1) is 11.3 Å². The largest absolute Gasteiger partial charge is 0.383 e. The van der Waals surface area contributed by atoms with Gasteiger partial charge in [0.2, 0.25) is 0 Å². The quantitative estimate of drug-likeness (QED) is 0.611. The van der Waals surface area contributed by atoms with E-state index in [2.05, 4.69) is 6.07 Å². The standard InChI is InChI=1S/C11H22N2O3S/c1-11(2)17(14,15)10-8-13(6-4-5-12)7-9-16-3/h11H,4,6-10H2,1-3H3. The third-order valence-electron chi connectivity index (χ3n) is 2.56. The fourth-order valence-electron chi connectivity index (χ4n) is 1.26. The Morgan fingerprint density at radius 2 is 1.94 bits per heavy atom. The van der Waals surface area contributed by atoms with Crippen LogP contribution in [0.15, 0.2) is 0 Å². The molecular formula is C11H22N2O3S. The normalized spacial score (nSPS) is 12.0. The highest BCUT2D eigenvalue weighted by molar-refractivity contribution is 7.92. The van der Waals surface area contributed by atoms with Crippen molar-refractivity contribution >= 4 is 9.84 Å². The highest BCUT2D eigenvalue weighted by atomic mass is 32.2. The predicted octanol–water partition coefficient (Wildman–Crippen LogP) is 0.672. The lowest BCUT2D eigenvalue weighted by atomic mass is 10.4. The summed E-state index contributed by atoms with van der Waals surface area (Å²) >= 11 is 0. The second-order valence-corrected chi connectivity index (χ2v) is 6.84. The first-order chi connectivity index (χ1) is 7.94. The van der Waals surface area contributed by atoms with Crippen LogP contribution < -0.4 is 0 Å². The molecule has 0 aliphatic carbocycles. The molecule has 17 heavy (non-hydrogen) atoms. The Labute approximate surface area is 104 Å². The maximum atomic E-state index is 11.7. The minimum Gasteiger partial charge on any atom is -0.383 e. The minimum absolute atomic E-state index is 0.139. The molecule has 0 unspecified atom stereocenters. The minimum atomic E-state index is -3.01. The summed E-state index contributed by atoms with van der Waals surface area (Å²) in [6, 6.07) is 2.06. The van der Waals surface area contributed by atoms with Crippen molar-refractivity contribution in [3.8, 4) is 6.07 Å². The van der Waals surface area contributed by atoms with Crippen LogP contribution in [0.2, 0.25) is 0 Å². The Bertz CT molecular complexity index is 333. The van der Waals surface area contributed by atoms with E-state index in [0.29, 0.717) is 32.7 Å². The van der Waals surface area contributed by atoms with Crippen LogP contribution in [0.25, 0.3) is 0 Å². The molecule has 0 fully saturated rings. The van der Waals surface area contributed by atoms with Gasteiger partial charge in [-0.05, 0) is 13.8 Å². The third-order valence-corrected chi connectivity index (χ3v) is 4.75. The number of nitrogens with zero attached hydrogens (tertiary/aromatic N) is 2. The fraction of sp³-hybridized carbons (Fsp3) is 0.909. The van der Waals surface area contributed by atoms with Crippen LogP contribution in [-0.4, -0.2) is 57.7 Å². The van der Waals surface area contributed by atoms with Gasteiger partial charge in [0.15, 0.2) is 9.84 Å². The topological polar surface area (TPSA) is 70.4 Å². The van der Waals surface area contributed by atoms with Gasteiger partial charge in [-0.1, -0.05) is 0 Å². The summed E-state index contributed by atoms with van der Waals surface area (Å²) < 4.78 is 28.3. The van der Waals surface area contributed by atoms with E-state index in [9.17, 15) is 8.42 Å². The molecule has 0 N–H and O–H groups in total.